The van der Waals surface area contributed by atoms with E-state index in [9.17, 15) is 9.59 Å². The fourth-order valence-corrected chi connectivity index (χ4v) is 3.74. The summed E-state index contributed by atoms with van der Waals surface area (Å²) in [6, 6.07) is 4.96. The lowest BCUT2D eigenvalue weighted by Gasteiger charge is -2.32. The second kappa shape index (κ2) is 8.30. The number of ether oxygens (including phenoxy) is 1. The Morgan fingerprint density at radius 3 is 2.35 bits per heavy atom. The minimum atomic E-state index is -0.591. The highest BCUT2D eigenvalue weighted by Crippen LogP contribution is 2.37. The summed E-state index contributed by atoms with van der Waals surface area (Å²) in [5, 5.41) is 3.39. The summed E-state index contributed by atoms with van der Waals surface area (Å²) in [5.41, 5.74) is -0.359. The molecule has 2 aliphatic heterocycles. The van der Waals surface area contributed by atoms with E-state index >= 15 is 0 Å². The van der Waals surface area contributed by atoms with Gasteiger partial charge < -0.3 is 24.3 Å². The number of rotatable bonds is 3. The molecule has 1 aromatic rings. The average Bonchev–Trinajstić information content (AvgIpc) is 3.15. The third-order valence-electron chi connectivity index (χ3n) is 5.94. The van der Waals surface area contributed by atoms with Gasteiger partial charge in [-0.3, -0.25) is 4.79 Å². The molecule has 1 aromatic carbocycles. The molecule has 7 nitrogen and oxygen atoms in total. The molecule has 1 N–H and O–H groups in total. The van der Waals surface area contributed by atoms with E-state index in [0.717, 1.165) is 0 Å². The van der Waals surface area contributed by atoms with Crippen molar-refractivity contribution >= 4 is 36.2 Å². The van der Waals surface area contributed by atoms with Crippen molar-refractivity contribution in [1.29, 1.82) is 0 Å². The van der Waals surface area contributed by atoms with Crippen LogP contribution in [0.2, 0.25) is 5.02 Å². The molecular formula is C22H32BClN2O5. The first-order chi connectivity index (χ1) is 14.2. The van der Waals surface area contributed by atoms with Gasteiger partial charge in [0.05, 0.1) is 11.2 Å². The Hall–Kier alpha value is -1.77. The number of carbonyl (C=O) groups excluding carboxylic acids is 2. The predicted octanol–water partition coefficient (Wildman–Crippen LogP) is 3.38. The van der Waals surface area contributed by atoms with Crippen molar-refractivity contribution in [2.45, 2.75) is 77.7 Å². The van der Waals surface area contributed by atoms with E-state index in [-0.39, 0.29) is 18.0 Å². The van der Waals surface area contributed by atoms with Crippen LogP contribution < -0.4 is 10.8 Å². The fourth-order valence-electron chi connectivity index (χ4n) is 3.47. The molecule has 2 amide bonds. The number of hydrogen-bond acceptors (Lipinski definition) is 5. The second-order valence-corrected chi connectivity index (χ2v) is 10.6. The van der Waals surface area contributed by atoms with Crippen LogP contribution in [0.1, 0.15) is 65.2 Å². The van der Waals surface area contributed by atoms with Crippen molar-refractivity contribution in [3.63, 3.8) is 0 Å². The molecule has 170 valence electrons. The van der Waals surface area contributed by atoms with Crippen LogP contribution in [0, 0.1) is 0 Å². The van der Waals surface area contributed by atoms with Gasteiger partial charge in [-0.15, -0.1) is 0 Å². The third kappa shape index (κ3) is 5.36. The van der Waals surface area contributed by atoms with E-state index in [2.05, 4.69) is 5.32 Å². The predicted molar refractivity (Wildman–Crippen MR) is 121 cm³/mol. The Kier molecular flexibility index (Phi) is 6.40. The first-order valence-electron chi connectivity index (χ1n) is 10.6. The van der Waals surface area contributed by atoms with E-state index in [1.54, 1.807) is 23.1 Å². The Labute approximate surface area is 189 Å². The van der Waals surface area contributed by atoms with Gasteiger partial charge in [-0.1, -0.05) is 17.7 Å². The largest absolute Gasteiger partial charge is 0.496 e. The van der Waals surface area contributed by atoms with Crippen LogP contribution in [0.5, 0.6) is 0 Å². The Morgan fingerprint density at radius 2 is 1.81 bits per heavy atom. The summed E-state index contributed by atoms with van der Waals surface area (Å²) >= 11 is 6.47. The summed E-state index contributed by atoms with van der Waals surface area (Å²) in [6.45, 7) is 14.4. The van der Waals surface area contributed by atoms with Gasteiger partial charge in [-0.05, 0) is 67.0 Å². The standard InChI is InChI=1S/C22H32BClN2O5/c1-20(2,3)29-19(28)26-11-10-15(13-26)25-18(27)14-8-9-16(17(24)12-14)23-30-21(4,5)22(6,7)31-23/h8-9,12,15H,10-11,13H2,1-7H3,(H,25,27)/t15-/m0/s1. The van der Waals surface area contributed by atoms with Gasteiger partial charge in [0.1, 0.15) is 5.60 Å². The van der Waals surface area contributed by atoms with Gasteiger partial charge in [0.25, 0.3) is 5.91 Å². The second-order valence-electron chi connectivity index (χ2n) is 10.2. The van der Waals surface area contributed by atoms with Gasteiger partial charge in [0, 0.05) is 35.2 Å². The number of likely N-dealkylation sites (tertiary alicyclic amines) is 1. The number of halogens is 1. The molecular weight excluding hydrogens is 419 g/mol. The molecule has 1 atom stereocenters. The monoisotopic (exact) mass is 450 g/mol. The van der Waals surface area contributed by atoms with Crippen LogP contribution in [0.25, 0.3) is 0 Å². The maximum absolute atomic E-state index is 12.7. The number of amides is 2. The van der Waals surface area contributed by atoms with Gasteiger partial charge in [-0.2, -0.15) is 0 Å². The molecule has 31 heavy (non-hydrogen) atoms. The maximum atomic E-state index is 12.7. The molecule has 0 unspecified atom stereocenters. The quantitative estimate of drug-likeness (QED) is 0.714. The Bertz CT molecular complexity index is 852. The van der Waals surface area contributed by atoms with Crippen LogP contribution in [0.3, 0.4) is 0 Å². The van der Waals surface area contributed by atoms with E-state index in [1.807, 2.05) is 48.5 Å². The number of benzene rings is 1. The topological polar surface area (TPSA) is 77.1 Å². The zero-order valence-corrected chi connectivity index (χ0v) is 20.1. The first kappa shape index (κ1) is 23.9. The zero-order valence-electron chi connectivity index (χ0n) is 19.4. The highest BCUT2D eigenvalue weighted by Gasteiger charge is 2.52. The van der Waals surface area contributed by atoms with Gasteiger partial charge in [0.2, 0.25) is 0 Å². The molecule has 0 saturated carbocycles. The van der Waals surface area contributed by atoms with Crippen molar-refractivity contribution in [2.75, 3.05) is 13.1 Å². The van der Waals surface area contributed by atoms with Gasteiger partial charge in [-0.25, -0.2) is 4.79 Å². The summed E-state index contributed by atoms with van der Waals surface area (Å²) in [7, 11) is -0.591. The summed E-state index contributed by atoms with van der Waals surface area (Å²) < 4.78 is 17.5. The maximum Gasteiger partial charge on any atom is 0.496 e. The van der Waals surface area contributed by atoms with Crippen molar-refractivity contribution in [3.05, 3.63) is 28.8 Å². The molecule has 9 heteroatoms. The Morgan fingerprint density at radius 1 is 1.19 bits per heavy atom. The SMILES string of the molecule is CC(C)(C)OC(=O)N1CC[C@H](NC(=O)c2ccc(B3OC(C)(C)C(C)(C)O3)c(Cl)c2)C1. The lowest BCUT2D eigenvalue weighted by molar-refractivity contribution is 0.00578. The van der Waals surface area contributed by atoms with E-state index in [4.69, 9.17) is 25.6 Å². The van der Waals surface area contributed by atoms with Crippen LogP contribution in [-0.2, 0) is 14.0 Å². The molecule has 2 saturated heterocycles. The third-order valence-corrected chi connectivity index (χ3v) is 6.27. The van der Waals surface area contributed by atoms with Crippen LogP contribution in [-0.4, -0.2) is 60.0 Å². The van der Waals surface area contributed by atoms with Crippen molar-refractivity contribution in [1.82, 2.24) is 10.2 Å². The van der Waals surface area contributed by atoms with E-state index < -0.39 is 23.9 Å². The smallest absolute Gasteiger partial charge is 0.444 e. The molecule has 3 rings (SSSR count). The zero-order chi connectivity index (χ0) is 23.2. The minimum absolute atomic E-state index is 0.137. The fraction of sp³-hybridized carbons (Fsp3) is 0.636. The average molecular weight is 451 g/mol. The highest BCUT2D eigenvalue weighted by molar-refractivity contribution is 6.65. The number of hydrogen-bond donors (Lipinski definition) is 1. The van der Waals surface area contributed by atoms with Gasteiger partial charge >= 0.3 is 13.2 Å². The van der Waals surface area contributed by atoms with Gasteiger partial charge in [0.15, 0.2) is 0 Å². The Balaban J connectivity index is 1.61. The summed E-state index contributed by atoms with van der Waals surface area (Å²) in [6.07, 6.45) is 0.309. The van der Waals surface area contributed by atoms with Crippen LogP contribution >= 0.6 is 11.6 Å². The molecule has 0 aliphatic carbocycles. The molecule has 0 bridgehead atoms. The summed E-state index contributed by atoms with van der Waals surface area (Å²) in [5.74, 6) is -0.238. The molecule has 0 radical (unpaired) electrons. The van der Waals surface area contributed by atoms with Crippen molar-refractivity contribution in [2.24, 2.45) is 0 Å². The number of carbonyl (C=O) groups is 2. The van der Waals surface area contributed by atoms with E-state index in [1.165, 1.54) is 0 Å². The number of nitrogens with zero attached hydrogens (tertiary/aromatic N) is 1. The molecule has 0 spiro atoms. The lowest BCUT2D eigenvalue weighted by Crippen LogP contribution is -2.41. The minimum Gasteiger partial charge on any atom is -0.444 e. The van der Waals surface area contributed by atoms with Crippen molar-refractivity contribution in [3.8, 4) is 0 Å². The summed E-state index contributed by atoms with van der Waals surface area (Å²) in [4.78, 5) is 26.6. The molecule has 2 heterocycles. The highest BCUT2D eigenvalue weighted by atomic mass is 35.5. The normalized spacial score (nSPS) is 22.5. The lowest BCUT2D eigenvalue weighted by atomic mass is 9.78. The van der Waals surface area contributed by atoms with Crippen LogP contribution in [0.15, 0.2) is 18.2 Å². The molecule has 2 fully saturated rings. The van der Waals surface area contributed by atoms with Crippen LogP contribution in [0.4, 0.5) is 4.79 Å². The first-order valence-corrected chi connectivity index (χ1v) is 11.0. The number of nitrogens with one attached hydrogen (secondary N) is 1. The molecule has 2 aliphatic rings. The van der Waals surface area contributed by atoms with E-state index in [0.29, 0.717) is 35.6 Å². The van der Waals surface area contributed by atoms with Crippen molar-refractivity contribution < 1.29 is 23.6 Å². The molecule has 0 aromatic heterocycles.